The zero-order chi connectivity index (χ0) is 13.0. The smallest absolute Gasteiger partial charge is 0.0401 e. The van der Waals surface area contributed by atoms with Gasteiger partial charge < -0.3 is 5.32 Å². The summed E-state index contributed by atoms with van der Waals surface area (Å²) in [5.41, 5.74) is 3.70. The molecule has 0 unspecified atom stereocenters. The van der Waals surface area contributed by atoms with Gasteiger partial charge in [-0.25, -0.2) is 0 Å². The summed E-state index contributed by atoms with van der Waals surface area (Å²) in [6, 6.07) is 15.0. The maximum atomic E-state index is 3.56. The third kappa shape index (κ3) is 3.53. The molecule has 0 amide bonds. The van der Waals surface area contributed by atoms with E-state index in [1.165, 1.54) is 20.5 Å². The van der Waals surface area contributed by atoms with Crippen molar-refractivity contribution < 1.29 is 0 Å². The van der Waals surface area contributed by atoms with Gasteiger partial charge in [0.05, 0.1) is 0 Å². The molecule has 18 heavy (non-hydrogen) atoms. The van der Waals surface area contributed by atoms with Crippen LogP contribution >= 0.6 is 27.7 Å². The van der Waals surface area contributed by atoms with Crippen LogP contribution in [0.1, 0.15) is 11.1 Å². The van der Waals surface area contributed by atoms with E-state index in [0.29, 0.717) is 0 Å². The van der Waals surface area contributed by atoms with E-state index in [1.54, 1.807) is 11.8 Å². The van der Waals surface area contributed by atoms with Gasteiger partial charge in [-0.15, -0.1) is 11.8 Å². The molecular weight excluding hydrogens is 306 g/mol. The molecule has 0 aromatic heterocycles. The Hall–Kier alpha value is -0.930. The molecule has 0 saturated carbocycles. The molecule has 2 rings (SSSR count). The predicted molar refractivity (Wildman–Crippen MR) is 84.4 cm³/mol. The van der Waals surface area contributed by atoms with Crippen molar-refractivity contribution in [2.75, 3.05) is 11.6 Å². The van der Waals surface area contributed by atoms with Gasteiger partial charge in [0.1, 0.15) is 0 Å². The molecule has 1 nitrogen and oxygen atoms in total. The van der Waals surface area contributed by atoms with Crippen LogP contribution in [0.2, 0.25) is 0 Å². The second-order valence-corrected chi connectivity index (χ2v) is 5.90. The van der Waals surface area contributed by atoms with Crippen molar-refractivity contribution in [1.29, 1.82) is 0 Å². The van der Waals surface area contributed by atoms with Gasteiger partial charge in [0.15, 0.2) is 0 Å². The second kappa shape index (κ2) is 6.30. The van der Waals surface area contributed by atoms with Gasteiger partial charge in [0.25, 0.3) is 0 Å². The van der Waals surface area contributed by atoms with Gasteiger partial charge in [-0.2, -0.15) is 0 Å². The van der Waals surface area contributed by atoms with Gasteiger partial charge in [-0.05, 0) is 54.6 Å². The standard InChI is InChI=1S/C15H16BrNS/c1-11-3-4-12(9-15(11)16)10-17-13-5-7-14(18-2)8-6-13/h3-9,17H,10H2,1-2H3. The minimum atomic E-state index is 0.845. The Morgan fingerprint density at radius 2 is 1.83 bits per heavy atom. The topological polar surface area (TPSA) is 12.0 Å². The van der Waals surface area contributed by atoms with Crippen molar-refractivity contribution in [1.82, 2.24) is 0 Å². The van der Waals surface area contributed by atoms with E-state index < -0.39 is 0 Å². The highest BCUT2D eigenvalue weighted by Crippen LogP contribution is 2.20. The Labute approximate surface area is 121 Å². The predicted octanol–water partition coefficient (Wildman–Crippen LogP) is 5.09. The van der Waals surface area contributed by atoms with Crippen LogP contribution in [0, 0.1) is 6.92 Å². The van der Waals surface area contributed by atoms with Crippen molar-refractivity contribution >= 4 is 33.4 Å². The number of hydrogen-bond donors (Lipinski definition) is 1. The van der Waals surface area contributed by atoms with E-state index in [1.807, 2.05) is 0 Å². The van der Waals surface area contributed by atoms with Gasteiger partial charge in [0, 0.05) is 21.6 Å². The number of nitrogens with one attached hydrogen (secondary N) is 1. The Morgan fingerprint density at radius 3 is 2.44 bits per heavy atom. The number of rotatable bonds is 4. The molecule has 3 heteroatoms. The average Bonchev–Trinajstić information content (AvgIpc) is 2.41. The van der Waals surface area contributed by atoms with Crippen LogP contribution in [-0.2, 0) is 6.54 Å². The van der Waals surface area contributed by atoms with Crippen LogP contribution in [-0.4, -0.2) is 6.26 Å². The minimum absolute atomic E-state index is 0.845. The third-order valence-corrected chi connectivity index (χ3v) is 4.42. The summed E-state index contributed by atoms with van der Waals surface area (Å²) in [5, 5.41) is 3.43. The first-order valence-electron chi connectivity index (χ1n) is 5.82. The SMILES string of the molecule is CSc1ccc(NCc2ccc(C)c(Br)c2)cc1. The Bertz CT molecular complexity index is 523. The highest BCUT2D eigenvalue weighted by molar-refractivity contribution is 9.10. The summed E-state index contributed by atoms with van der Waals surface area (Å²) >= 11 is 5.32. The third-order valence-electron chi connectivity index (χ3n) is 2.82. The van der Waals surface area contributed by atoms with Gasteiger partial charge in [-0.1, -0.05) is 28.1 Å². The van der Waals surface area contributed by atoms with E-state index in [4.69, 9.17) is 0 Å². The highest BCUT2D eigenvalue weighted by atomic mass is 79.9. The first-order chi connectivity index (χ1) is 8.69. The molecule has 2 aromatic carbocycles. The first-order valence-corrected chi connectivity index (χ1v) is 7.84. The number of thioether (sulfide) groups is 1. The summed E-state index contributed by atoms with van der Waals surface area (Å²) in [7, 11) is 0. The molecule has 0 heterocycles. The molecule has 0 saturated heterocycles. The molecule has 0 aliphatic carbocycles. The molecule has 1 N–H and O–H groups in total. The lowest BCUT2D eigenvalue weighted by atomic mass is 10.1. The molecule has 94 valence electrons. The van der Waals surface area contributed by atoms with E-state index in [2.05, 4.69) is 76.9 Å². The molecule has 0 fully saturated rings. The summed E-state index contributed by atoms with van der Waals surface area (Å²) in [6.07, 6.45) is 2.09. The zero-order valence-corrected chi connectivity index (χ0v) is 12.9. The number of halogens is 1. The van der Waals surface area contributed by atoms with Crippen LogP contribution in [0.15, 0.2) is 51.8 Å². The molecule has 0 atom stereocenters. The molecule has 0 bridgehead atoms. The molecule has 2 aromatic rings. The number of hydrogen-bond acceptors (Lipinski definition) is 2. The first kappa shape index (κ1) is 13.5. The quantitative estimate of drug-likeness (QED) is 0.787. The number of benzene rings is 2. The van der Waals surface area contributed by atoms with Crippen molar-refractivity contribution in [3.8, 4) is 0 Å². The second-order valence-electron chi connectivity index (χ2n) is 4.17. The fourth-order valence-corrected chi connectivity index (χ4v) is 2.49. The van der Waals surface area contributed by atoms with Gasteiger partial charge >= 0.3 is 0 Å². The molecule has 0 aliphatic heterocycles. The lowest BCUT2D eigenvalue weighted by Crippen LogP contribution is -1.99. The van der Waals surface area contributed by atoms with Crippen LogP contribution in [0.5, 0.6) is 0 Å². The molecular formula is C15H16BrNS. The van der Waals surface area contributed by atoms with Crippen molar-refractivity contribution in [3.63, 3.8) is 0 Å². The van der Waals surface area contributed by atoms with Crippen LogP contribution in [0.4, 0.5) is 5.69 Å². The highest BCUT2D eigenvalue weighted by Gasteiger charge is 1.98. The number of anilines is 1. The minimum Gasteiger partial charge on any atom is -0.381 e. The monoisotopic (exact) mass is 321 g/mol. The maximum Gasteiger partial charge on any atom is 0.0401 e. The normalized spacial score (nSPS) is 10.4. The number of aryl methyl sites for hydroxylation is 1. The van der Waals surface area contributed by atoms with Crippen molar-refractivity contribution in [3.05, 3.63) is 58.1 Å². The van der Waals surface area contributed by atoms with Gasteiger partial charge in [0.2, 0.25) is 0 Å². The van der Waals surface area contributed by atoms with Crippen molar-refractivity contribution in [2.45, 2.75) is 18.4 Å². The Balaban J connectivity index is 1.99. The Kier molecular flexibility index (Phi) is 4.72. The zero-order valence-electron chi connectivity index (χ0n) is 10.5. The summed E-state index contributed by atoms with van der Waals surface area (Å²) in [4.78, 5) is 1.29. The lowest BCUT2D eigenvalue weighted by molar-refractivity contribution is 1.14. The maximum absolute atomic E-state index is 3.56. The fourth-order valence-electron chi connectivity index (χ4n) is 1.66. The van der Waals surface area contributed by atoms with E-state index in [9.17, 15) is 0 Å². The van der Waals surface area contributed by atoms with Crippen LogP contribution in [0.3, 0.4) is 0 Å². The largest absolute Gasteiger partial charge is 0.381 e. The summed E-state index contributed by atoms with van der Waals surface area (Å²) in [6.45, 7) is 2.94. The molecule has 0 radical (unpaired) electrons. The molecule has 0 aliphatic rings. The van der Waals surface area contributed by atoms with Crippen LogP contribution < -0.4 is 5.32 Å². The van der Waals surface area contributed by atoms with Crippen molar-refractivity contribution in [2.24, 2.45) is 0 Å². The molecule has 0 spiro atoms. The Morgan fingerprint density at radius 1 is 1.11 bits per heavy atom. The van der Waals surface area contributed by atoms with E-state index >= 15 is 0 Å². The average molecular weight is 322 g/mol. The summed E-state index contributed by atoms with van der Waals surface area (Å²) < 4.78 is 1.17. The lowest BCUT2D eigenvalue weighted by Gasteiger charge is -2.08. The van der Waals surface area contributed by atoms with Crippen LogP contribution in [0.25, 0.3) is 0 Å². The van der Waals surface area contributed by atoms with E-state index in [0.717, 1.165) is 12.2 Å². The fraction of sp³-hybridized carbons (Fsp3) is 0.200. The summed E-state index contributed by atoms with van der Waals surface area (Å²) in [5.74, 6) is 0. The van der Waals surface area contributed by atoms with E-state index in [-0.39, 0.29) is 0 Å². The van der Waals surface area contributed by atoms with Gasteiger partial charge in [-0.3, -0.25) is 0 Å².